The third-order valence-electron chi connectivity index (χ3n) is 2.75. The maximum atomic E-state index is 4.56. The van der Waals surface area contributed by atoms with E-state index >= 15 is 0 Å². The second kappa shape index (κ2) is 3.55. The van der Waals surface area contributed by atoms with Gasteiger partial charge < -0.3 is 4.90 Å². The van der Waals surface area contributed by atoms with Crippen LogP contribution in [0.25, 0.3) is 0 Å². The van der Waals surface area contributed by atoms with Crippen molar-refractivity contribution in [3.63, 3.8) is 0 Å². The number of hydrogen-bond acceptors (Lipinski definition) is 1. The minimum absolute atomic E-state index is 0.688. The molecule has 0 N–H and O–H groups in total. The maximum Gasteiger partial charge on any atom is 0.0373 e. The van der Waals surface area contributed by atoms with Crippen LogP contribution in [0.1, 0.15) is 25.7 Å². The van der Waals surface area contributed by atoms with Gasteiger partial charge in [0.05, 0.1) is 0 Å². The van der Waals surface area contributed by atoms with Crippen molar-refractivity contribution in [1.29, 1.82) is 0 Å². The van der Waals surface area contributed by atoms with Gasteiger partial charge >= 0.3 is 0 Å². The number of likely N-dealkylation sites (tertiary alicyclic amines) is 1. The Balaban J connectivity index is 1.71. The molecule has 1 unspecified atom stereocenters. The highest BCUT2D eigenvalue weighted by Crippen LogP contribution is 2.13. The van der Waals surface area contributed by atoms with Crippen molar-refractivity contribution in [2.45, 2.75) is 31.7 Å². The van der Waals surface area contributed by atoms with Crippen LogP contribution in [0, 0.1) is 0 Å². The summed E-state index contributed by atoms with van der Waals surface area (Å²) in [4.78, 5) is 2.57. The first-order valence-corrected chi connectivity index (χ1v) is 4.84. The Labute approximate surface area is 69.0 Å². The quantitative estimate of drug-likeness (QED) is 0.575. The fraction of sp³-hybridized carbons (Fsp3) is 1.00. The summed E-state index contributed by atoms with van der Waals surface area (Å²) >= 11 is 0. The predicted octanol–water partition coefficient (Wildman–Crippen LogP) is 0.849. The van der Waals surface area contributed by atoms with Gasteiger partial charge in [0.15, 0.2) is 0 Å². The summed E-state index contributed by atoms with van der Waals surface area (Å²) in [6, 6.07) is 0.688. The molecule has 2 aliphatic rings. The molecule has 2 fully saturated rings. The summed E-state index contributed by atoms with van der Waals surface area (Å²) in [6.45, 7) is 5.02. The average Bonchev–Trinajstić information content (AvgIpc) is 2.60. The lowest BCUT2D eigenvalue weighted by Gasteiger charge is -2.18. The number of nitrogens with zero attached hydrogens (tertiary/aromatic N) is 2. The molecular formula is C9H17N2. The molecule has 0 bridgehead atoms. The molecule has 2 rings (SSSR count). The van der Waals surface area contributed by atoms with E-state index < -0.39 is 0 Å². The zero-order chi connectivity index (χ0) is 7.52. The van der Waals surface area contributed by atoms with E-state index in [0.717, 1.165) is 6.54 Å². The van der Waals surface area contributed by atoms with E-state index in [1.165, 1.54) is 45.3 Å². The van der Waals surface area contributed by atoms with Crippen LogP contribution in [0.2, 0.25) is 0 Å². The van der Waals surface area contributed by atoms with Crippen LogP contribution in [-0.4, -0.2) is 37.1 Å². The molecule has 0 spiro atoms. The van der Waals surface area contributed by atoms with Gasteiger partial charge in [0.1, 0.15) is 0 Å². The molecule has 0 amide bonds. The average molecular weight is 153 g/mol. The smallest absolute Gasteiger partial charge is 0.0373 e. The molecule has 1 atom stereocenters. The lowest BCUT2D eigenvalue weighted by atomic mass is 10.2. The van der Waals surface area contributed by atoms with Gasteiger partial charge in [-0.15, -0.1) is 0 Å². The summed E-state index contributed by atoms with van der Waals surface area (Å²) < 4.78 is 0. The summed E-state index contributed by atoms with van der Waals surface area (Å²) in [5.41, 5.74) is 0. The van der Waals surface area contributed by atoms with E-state index in [1.54, 1.807) is 0 Å². The van der Waals surface area contributed by atoms with Crippen LogP contribution < -0.4 is 5.32 Å². The molecule has 2 saturated heterocycles. The van der Waals surface area contributed by atoms with Gasteiger partial charge in [-0.25, -0.2) is 5.32 Å². The largest absolute Gasteiger partial charge is 0.302 e. The molecule has 0 aromatic rings. The van der Waals surface area contributed by atoms with Gasteiger partial charge in [-0.2, -0.15) is 0 Å². The van der Waals surface area contributed by atoms with Gasteiger partial charge in [-0.3, -0.25) is 0 Å². The zero-order valence-electron chi connectivity index (χ0n) is 7.13. The van der Waals surface area contributed by atoms with Gasteiger partial charge in [0.2, 0.25) is 0 Å². The summed E-state index contributed by atoms with van der Waals surface area (Å²) in [6.07, 6.45) is 5.49. The third kappa shape index (κ3) is 1.94. The molecule has 1 radical (unpaired) electrons. The van der Waals surface area contributed by atoms with Crippen molar-refractivity contribution in [2.24, 2.45) is 0 Å². The minimum Gasteiger partial charge on any atom is -0.302 e. The Morgan fingerprint density at radius 1 is 1.18 bits per heavy atom. The van der Waals surface area contributed by atoms with E-state index in [-0.39, 0.29) is 0 Å². The zero-order valence-corrected chi connectivity index (χ0v) is 7.13. The monoisotopic (exact) mass is 153 g/mol. The van der Waals surface area contributed by atoms with Crippen LogP contribution >= 0.6 is 0 Å². The Hall–Kier alpha value is -0.0800. The van der Waals surface area contributed by atoms with Crippen LogP contribution in [-0.2, 0) is 0 Å². The SMILES string of the molecule is C1C[N]C(CN2CCCC2)C1. The molecule has 2 heteroatoms. The number of rotatable bonds is 2. The van der Waals surface area contributed by atoms with Gasteiger partial charge in [-0.05, 0) is 38.8 Å². The number of hydrogen-bond donors (Lipinski definition) is 0. The Bertz CT molecular complexity index is 98.7. The molecule has 0 aromatic carbocycles. The minimum atomic E-state index is 0.688. The molecule has 11 heavy (non-hydrogen) atoms. The first-order chi connectivity index (χ1) is 5.45. The molecule has 0 saturated carbocycles. The van der Waals surface area contributed by atoms with E-state index in [4.69, 9.17) is 0 Å². The fourth-order valence-corrected chi connectivity index (χ4v) is 2.10. The first kappa shape index (κ1) is 7.56. The van der Waals surface area contributed by atoms with Crippen molar-refractivity contribution in [2.75, 3.05) is 26.2 Å². The Morgan fingerprint density at radius 2 is 2.00 bits per heavy atom. The predicted molar refractivity (Wildman–Crippen MR) is 45.7 cm³/mol. The highest BCUT2D eigenvalue weighted by molar-refractivity contribution is 4.79. The second-order valence-corrected chi connectivity index (χ2v) is 3.71. The molecule has 2 nitrogen and oxygen atoms in total. The standard InChI is InChI=1S/C9H17N2/c1-2-7-11(6-1)8-9-4-3-5-10-9/h9H,1-8H2. The third-order valence-corrected chi connectivity index (χ3v) is 2.75. The molecule has 2 heterocycles. The lowest BCUT2D eigenvalue weighted by molar-refractivity contribution is 0.301. The van der Waals surface area contributed by atoms with Crippen LogP contribution in [0.15, 0.2) is 0 Å². The van der Waals surface area contributed by atoms with E-state index in [1.807, 2.05) is 0 Å². The van der Waals surface area contributed by atoms with Crippen molar-refractivity contribution in [3.05, 3.63) is 0 Å². The van der Waals surface area contributed by atoms with Crippen molar-refractivity contribution < 1.29 is 0 Å². The van der Waals surface area contributed by atoms with Gasteiger partial charge in [0, 0.05) is 19.1 Å². The highest BCUT2D eigenvalue weighted by Gasteiger charge is 2.20. The Kier molecular flexibility index (Phi) is 2.44. The molecule has 2 aliphatic heterocycles. The van der Waals surface area contributed by atoms with E-state index in [2.05, 4.69) is 10.2 Å². The van der Waals surface area contributed by atoms with Crippen LogP contribution in [0.4, 0.5) is 0 Å². The summed E-state index contributed by atoms with van der Waals surface area (Å²) in [7, 11) is 0. The maximum absolute atomic E-state index is 4.56. The van der Waals surface area contributed by atoms with Crippen molar-refractivity contribution in [1.82, 2.24) is 10.2 Å². The molecular weight excluding hydrogens is 136 g/mol. The topological polar surface area (TPSA) is 17.3 Å². The van der Waals surface area contributed by atoms with Crippen molar-refractivity contribution >= 4 is 0 Å². The van der Waals surface area contributed by atoms with Crippen LogP contribution in [0.3, 0.4) is 0 Å². The normalized spacial score (nSPS) is 33.3. The second-order valence-electron chi connectivity index (χ2n) is 3.71. The van der Waals surface area contributed by atoms with Crippen molar-refractivity contribution in [3.8, 4) is 0 Å². The molecule has 0 aromatic heterocycles. The molecule has 0 aliphatic carbocycles. The fourth-order valence-electron chi connectivity index (χ4n) is 2.10. The highest BCUT2D eigenvalue weighted by atomic mass is 15.2. The van der Waals surface area contributed by atoms with E-state index in [9.17, 15) is 0 Å². The summed E-state index contributed by atoms with van der Waals surface area (Å²) in [5, 5.41) is 4.56. The molecule has 63 valence electrons. The lowest BCUT2D eigenvalue weighted by Crippen LogP contribution is -2.32. The Morgan fingerprint density at radius 3 is 2.64 bits per heavy atom. The van der Waals surface area contributed by atoms with Gasteiger partial charge in [0.25, 0.3) is 0 Å². The van der Waals surface area contributed by atoms with Gasteiger partial charge in [-0.1, -0.05) is 0 Å². The summed E-state index contributed by atoms with van der Waals surface area (Å²) in [5.74, 6) is 0. The van der Waals surface area contributed by atoms with Crippen LogP contribution in [0.5, 0.6) is 0 Å². The first-order valence-electron chi connectivity index (χ1n) is 4.84. The van der Waals surface area contributed by atoms with E-state index in [0.29, 0.717) is 6.04 Å².